The van der Waals surface area contributed by atoms with Gasteiger partial charge in [-0.1, -0.05) is 6.07 Å². The number of rotatable bonds is 1. The van der Waals surface area contributed by atoms with Crippen molar-refractivity contribution in [2.24, 2.45) is 10.9 Å². The van der Waals surface area contributed by atoms with Gasteiger partial charge in [-0.2, -0.15) is 0 Å². The maximum atomic E-state index is 11.1. The quantitative estimate of drug-likeness (QED) is 0.714. The minimum Gasteiger partial charge on any atom is -0.327 e. The van der Waals surface area contributed by atoms with Crippen molar-refractivity contribution >= 4 is 10.0 Å². The average Bonchev–Trinajstić information content (AvgIpc) is 2.15. The lowest BCUT2D eigenvalue weighted by atomic mass is 9.89. The second kappa shape index (κ2) is 3.59. The van der Waals surface area contributed by atoms with E-state index in [1.807, 2.05) is 6.07 Å². The van der Waals surface area contributed by atoms with Crippen LogP contribution < -0.4 is 10.9 Å². The van der Waals surface area contributed by atoms with Gasteiger partial charge in [-0.3, -0.25) is 0 Å². The van der Waals surface area contributed by atoms with Crippen LogP contribution in [0.4, 0.5) is 0 Å². The van der Waals surface area contributed by atoms with Crippen molar-refractivity contribution < 1.29 is 8.42 Å². The maximum Gasteiger partial charge on any atom is 0.238 e. The topological polar surface area (TPSA) is 86.2 Å². The predicted molar refractivity (Wildman–Crippen MR) is 57.8 cm³/mol. The molecule has 4 N–H and O–H groups in total. The zero-order valence-electron chi connectivity index (χ0n) is 8.31. The van der Waals surface area contributed by atoms with Gasteiger partial charge >= 0.3 is 0 Å². The summed E-state index contributed by atoms with van der Waals surface area (Å²) in [6, 6.07) is 5.22. The van der Waals surface area contributed by atoms with Crippen LogP contribution in [0.5, 0.6) is 0 Å². The molecule has 0 saturated heterocycles. The number of primary sulfonamides is 1. The Bertz CT molecular complexity index is 482. The highest BCUT2D eigenvalue weighted by Crippen LogP contribution is 2.23. The number of hydrogen-bond donors (Lipinski definition) is 2. The predicted octanol–water partition coefficient (Wildman–Crippen LogP) is 0.150. The maximum absolute atomic E-state index is 11.1. The molecule has 0 saturated carbocycles. The van der Waals surface area contributed by atoms with Crippen LogP contribution >= 0.6 is 0 Å². The van der Waals surface area contributed by atoms with Crippen molar-refractivity contribution in [3.63, 3.8) is 0 Å². The number of hydrogen-bond acceptors (Lipinski definition) is 3. The van der Waals surface area contributed by atoms with Crippen molar-refractivity contribution in [2.75, 3.05) is 0 Å². The van der Waals surface area contributed by atoms with Crippen LogP contribution in [0.3, 0.4) is 0 Å². The van der Waals surface area contributed by atoms with Gasteiger partial charge in [0.25, 0.3) is 0 Å². The first-order valence-electron chi connectivity index (χ1n) is 4.87. The van der Waals surface area contributed by atoms with E-state index in [1.165, 1.54) is 0 Å². The van der Waals surface area contributed by atoms with E-state index in [0.717, 1.165) is 30.4 Å². The van der Waals surface area contributed by atoms with Gasteiger partial charge in [0.1, 0.15) is 0 Å². The normalized spacial score (nSPS) is 21.1. The molecule has 0 heterocycles. The van der Waals surface area contributed by atoms with Crippen LogP contribution in [0.2, 0.25) is 0 Å². The summed E-state index contributed by atoms with van der Waals surface area (Å²) in [5.74, 6) is 0. The van der Waals surface area contributed by atoms with Crippen molar-refractivity contribution in [1.82, 2.24) is 0 Å². The molecule has 1 aromatic carbocycles. The van der Waals surface area contributed by atoms with Crippen LogP contribution in [0.15, 0.2) is 23.1 Å². The molecule has 4 nitrogen and oxygen atoms in total. The lowest BCUT2D eigenvalue weighted by molar-refractivity contribution is 0.574. The fourth-order valence-electron chi connectivity index (χ4n) is 1.94. The molecule has 1 atom stereocenters. The van der Waals surface area contributed by atoms with Gasteiger partial charge < -0.3 is 5.73 Å². The van der Waals surface area contributed by atoms with E-state index >= 15 is 0 Å². The highest BCUT2D eigenvalue weighted by Gasteiger charge is 2.17. The number of nitrogens with two attached hydrogens (primary N) is 2. The molecule has 5 heteroatoms. The summed E-state index contributed by atoms with van der Waals surface area (Å²) in [7, 11) is -3.58. The monoisotopic (exact) mass is 226 g/mol. The molecule has 0 radical (unpaired) electrons. The second-order valence-corrected chi connectivity index (χ2v) is 5.54. The van der Waals surface area contributed by atoms with Gasteiger partial charge in [0.15, 0.2) is 0 Å². The summed E-state index contributed by atoms with van der Waals surface area (Å²) >= 11 is 0. The molecule has 15 heavy (non-hydrogen) atoms. The molecule has 0 aliphatic heterocycles. The summed E-state index contributed by atoms with van der Waals surface area (Å²) in [6.45, 7) is 0. The van der Waals surface area contributed by atoms with Gasteiger partial charge in [-0.05, 0) is 42.5 Å². The van der Waals surface area contributed by atoms with E-state index in [4.69, 9.17) is 10.9 Å². The minimum atomic E-state index is -3.58. The molecular weight excluding hydrogens is 212 g/mol. The third-order valence-corrected chi connectivity index (χ3v) is 3.68. The Labute approximate surface area is 89.3 Å². The molecule has 1 aliphatic carbocycles. The SMILES string of the molecule is NC1CCc2cc(S(N)(=O)=O)ccc2C1. The van der Waals surface area contributed by atoms with Gasteiger partial charge in [-0.15, -0.1) is 0 Å². The Morgan fingerprint density at radius 1 is 1.27 bits per heavy atom. The van der Waals surface area contributed by atoms with Crippen molar-refractivity contribution in [1.29, 1.82) is 0 Å². The molecule has 82 valence electrons. The minimum absolute atomic E-state index is 0.191. The van der Waals surface area contributed by atoms with Gasteiger partial charge in [0, 0.05) is 6.04 Å². The standard InChI is InChI=1S/C10H14N2O2S/c11-9-3-1-8-6-10(15(12,13)14)4-2-7(8)5-9/h2,4,6,9H,1,3,5,11H2,(H2,12,13,14). The molecule has 1 aliphatic rings. The van der Waals surface area contributed by atoms with E-state index in [9.17, 15) is 8.42 Å². The van der Waals surface area contributed by atoms with E-state index in [1.54, 1.807) is 12.1 Å². The molecule has 0 spiro atoms. The fraction of sp³-hybridized carbons (Fsp3) is 0.400. The zero-order chi connectivity index (χ0) is 11.1. The van der Waals surface area contributed by atoms with Crippen LogP contribution in [0.1, 0.15) is 17.5 Å². The van der Waals surface area contributed by atoms with Gasteiger partial charge in [0.2, 0.25) is 10.0 Å². The molecule has 2 rings (SSSR count). The van der Waals surface area contributed by atoms with Gasteiger partial charge in [0.05, 0.1) is 4.90 Å². The van der Waals surface area contributed by atoms with Crippen LogP contribution in [-0.2, 0) is 22.9 Å². The van der Waals surface area contributed by atoms with Crippen LogP contribution in [0.25, 0.3) is 0 Å². The van der Waals surface area contributed by atoms with E-state index < -0.39 is 10.0 Å². The molecule has 0 aromatic heterocycles. The Morgan fingerprint density at radius 3 is 2.67 bits per heavy atom. The molecule has 0 fully saturated rings. The van der Waals surface area contributed by atoms with Crippen molar-refractivity contribution in [3.8, 4) is 0 Å². The number of fused-ring (bicyclic) bond motifs is 1. The number of aryl methyl sites for hydroxylation is 1. The largest absolute Gasteiger partial charge is 0.327 e. The fourth-order valence-corrected chi connectivity index (χ4v) is 2.50. The van der Waals surface area contributed by atoms with Crippen molar-refractivity contribution in [2.45, 2.75) is 30.2 Å². The summed E-state index contributed by atoms with van der Waals surface area (Å²) < 4.78 is 22.3. The third-order valence-electron chi connectivity index (χ3n) is 2.77. The van der Waals surface area contributed by atoms with E-state index in [-0.39, 0.29) is 10.9 Å². The Kier molecular flexibility index (Phi) is 2.54. The van der Waals surface area contributed by atoms with Crippen LogP contribution in [0, 0.1) is 0 Å². The molecule has 0 bridgehead atoms. The Morgan fingerprint density at radius 2 is 2.00 bits per heavy atom. The average molecular weight is 226 g/mol. The van der Waals surface area contributed by atoms with Gasteiger partial charge in [-0.25, -0.2) is 13.6 Å². The molecule has 0 amide bonds. The lowest BCUT2D eigenvalue weighted by Gasteiger charge is -2.21. The van der Waals surface area contributed by atoms with E-state index in [0.29, 0.717) is 0 Å². The highest BCUT2D eigenvalue weighted by molar-refractivity contribution is 7.89. The second-order valence-electron chi connectivity index (χ2n) is 3.98. The van der Waals surface area contributed by atoms with Crippen LogP contribution in [-0.4, -0.2) is 14.5 Å². The molecule has 1 aromatic rings. The first kappa shape index (κ1) is 10.6. The third kappa shape index (κ3) is 2.19. The molecule has 1 unspecified atom stereocenters. The first-order valence-corrected chi connectivity index (χ1v) is 6.41. The highest BCUT2D eigenvalue weighted by atomic mass is 32.2. The first-order chi connectivity index (χ1) is 6.97. The molecular formula is C10H14N2O2S. The summed E-state index contributed by atoms with van der Waals surface area (Å²) in [5.41, 5.74) is 8.03. The summed E-state index contributed by atoms with van der Waals surface area (Å²) in [4.78, 5) is 0.191. The lowest BCUT2D eigenvalue weighted by Crippen LogP contribution is -2.28. The Hall–Kier alpha value is -0.910. The summed E-state index contributed by atoms with van der Waals surface area (Å²) in [6.07, 6.45) is 2.56. The van der Waals surface area contributed by atoms with Crippen molar-refractivity contribution in [3.05, 3.63) is 29.3 Å². The van der Waals surface area contributed by atoms with E-state index in [2.05, 4.69) is 0 Å². The smallest absolute Gasteiger partial charge is 0.238 e. The Balaban J connectivity index is 2.44. The summed E-state index contributed by atoms with van der Waals surface area (Å²) in [5, 5.41) is 5.06. The zero-order valence-corrected chi connectivity index (χ0v) is 9.13. The number of sulfonamides is 1. The number of benzene rings is 1.